The number of benzene rings is 2. The second kappa shape index (κ2) is 15.9. The molecule has 0 aromatic heterocycles. The lowest BCUT2D eigenvalue weighted by atomic mass is 10.3. The molecule has 2 aromatic rings. The molecule has 4 rings (SSSR count). The summed E-state index contributed by atoms with van der Waals surface area (Å²) in [5.41, 5.74) is 1.37. The number of hydrogen-bond acceptors (Lipinski definition) is 7. The van der Waals surface area contributed by atoms with Gasteiger partial charge in [-0.1, -0.05) is 0 Å². The molecule has 2 aliphatic heterocycles. The van der Waals surface area contributed by atoms with E-state index in [1.165, 1.54) is 0 Å². The maximum absolute atomic E-state index is 12.2. The van der Waals surface area contributed by atoms with Crippen LogP contribution in [0.15, 0.2) is 48.5 Å². The lowest BCUT2D eigenvalue weighted by Crippen LogP contribution is -2.38. The molecule has 11 nitrogen and oxygen atoms in total. The molecule has 2 aliphatic rings. The predicted molar refractivity (Wildman–Crippen MR) is 151 cm³/mol. The predicted octanol–water partition coefficient (Wildman–Crippen LogP) is 3.17. The highest BCUT2D eigenvalue weighted by molar-refractivity contribution is 5.89. The van der Waals surface area contributed by atoms with Gasteiger partial charge in [0.1, 0.15) is 11.5 Å². The monoisotopic (exact) mass is 540 g/mol. The van der Waals surface area contributed by atoms with Crippen molar-refractivity contribution in [3.8, 4) is 11.5 Å². The number of carbonyl (C=O) groups excluding carboxylic acids is 2. The average molecular weight is 541 g/mol. The van der Waals surface area contributed by atoms with Crippen LogP contribution in [0.1, 0.15) is 12.8 Å². The van der Waals surface area contributed by atoms with Gasteiger partial charge in [0.25, 0.3) is 0 Å². The smallest absolute Gasteiger partial charge is 0.319 e. The number of morpholine rings is 2. The summed E-state index contributed by atoms with van der Waals surface area (Å²) in [5, 5.41) is 11.5. The summed E-state index contributed by atoms with van der Waals surface area (Å²) in [5.74, 6) is 1.29. The largest absolute Gasteiger partial charge is 0.457 e. The Morgan fingerprint density at radius 3 is 1.41 bits per heavy atom. The second-order valence-electron chi connectivity index (χ2n) is 9.53. The van der Waals surface area contributed by atoms with Crippen molar-refractivity contribution in [1.82, 2.24) is 20.4 Å². The van der Waals surface area contributed by atoms with E-state index in [4.69, 9.17) is 14.2 Å². The van der Waals surface area contributed by atoms with E-state index in [-0.39, 0.29) is 12.1 Å². The van der Waals surface area contributed by atoms with E-state index in [9.17, 15) is 9.59 Å². The van der Waals surface area contributed by atoms with Gasteiger partial charge in [0, 0.05) is 50.6 Å². The van der Waals surface area contributed by atoms with Crippen LogP contribution in [-0.4, -0.2) is 101 Å². The minimum Gasteiger partial charge on any atom is -0.457 e. The van der Waals surface area contributed by atoms with Crippen LogP contribution in [0.4, 0.5) is 21.0 Å². The highest BCUT2D eigenvalue weighted by Gasteiger charge is 2.11. The molecule has 0 radical (unpaired) electrons. The first-order chi connectivity index (χ1) is 19.1. The van der Waals surface area contributed by atoms with E-state index in [1.54, 1.807) is 48.5 Å². The number of amides is 4. The van der Waals surface area contributed by atoms with E-state index >= 15 is 0 Å². The molecule has 2 heterocycles. The van der Waals surface area contributed by atoms with Gasteiger partial charge in [-0.2, -0.15) is 0 Å². The Morgan fingerprint density at radius 1 is 0.641 bits per heavy atom. The third-order valence-electron chi connectivity index (χ3n) is 6.54. The highest BCUT2D eigenvalue weighted by Crippen LogP contribution is 2.24. The summed E-state index contributed by atoms with van der Waals surface area (Å²) < 4.78 is 16.6. The van der Waals surface area contributed by atoms with Crippen LogP contribution in [0.2, 0.25) is 0 Å². The first kappa shape index (κ1) is 28.6. The lowest BCUT2D eigenvalue weighted by Gasteiger charge is -2.26. The topological polar surface area (TPSA) is 116 Å². The summed E-state index contributed by atoms with van der Waals surface area (Å²) in [7, 11) is 0. The van der Waals surface area contributed by atoms with E-state index in [0.29, 0.717) is 36.0 Å². The molecule has 0 bridgehead atoms. The molecule has 0 atom stereocenters. The molecular weight excluding hydrogens is 500 g/mol. The lowest BCUT2D eigenvalue weighted by molar-refractivity contribution is 0.0375. The molecular formula is C28H40N6O5. The molecule has 0 spiro atoms. The van der Waals surface area contributed by atoms with E-state index in [1.807, 2.05) is 0 Å². The summed E-state index contributed by atoms with van der Waals surface area (Å²) >= 11 is 0. The molecule has 4 amide bonds. The zero-order chi connectivity index (χ0) is 27.1. The fraction of sp³-hybridized carbons (Fsp3) is 0.500. The SMILES string of the molecule is O=C(NCCCN1CCOCC1)Nc1ccc(Oc2ccc(NC(=O)NCCCN3CCOCC3)cc2)cc1. The fourth-order valence-corrected chi connectivity index (χ4v) is 4.36. The number of carbonyl (C=O) groups is 2. The number of nitrogens with one attached hydrogen (secondary N) is 4. The molecule has 4 N–H and O–H groups in total. The number of hydrogen-bond donors (Lipinski definition) is 4. The molecule has 212 valence electrons. The zero-order valence-corrected chi connectivity index (χ0v) is 22.5. The van der Waals surface area contributed by atoms with Gasteiger partial charge in [-0.3, -0.25) is 9.80 Å². The molecule has 2 aromatic carbocycles. The molecule has 11 heteroatoms. The molecule has 0 saturated carbocycles. The first-order valence-corrected chi connectivity index (χ1v) is 13.7. The second-order valence-corrected chi connectivity index (χ2v) is 9.53. The van der Waals surface area contributed by atoms with Gasteiger partial charge in [0.05, 0.1) is 26.4 Å². The van der Waals surface area contributed by atoms with E-state index in [0.717, 1.165) is 78.5 Å². The van der Waals surface area contributed by atoms with Gasteiger partial charge >= 0.3 is 12.1 Å². The van der Waals surface area contributed by atoms with Crippen molar-refractivity contribution >= 4 is 23.4 Å². The van der Waals surface area contributed by atoms with Gasteiger partial charge in [0.2, 0.25) is 0 Å². The van der Waals surface area contributed by atoms with Gasteiger partial charge in [-0.25, -0.2) is 9.59 Å². The maximum atomic E-state index is 12.2. The Hall–Kier alpha value is -3.38. The van der Waals surface area contributed by atoms with Gasteiger partial charge in [-0.15, -0.1) is 0 Å². The number of nitrogens with zero attached hydrogens (tertiary/aromatic N) is 2. The van der Waals surface area contributed by atoms with Crippen molar-refractivity contribution in [2.24, 2.45) is 0 Å². The number of anilines is 2. The maximum Gasteiger partial charge on any atom is 0.319 e. The molecule has 39 heavy (non-hydrogen) atoms. The van der Waals surface area contributed by atoms with Gasteiger partial charge in [0.15, 0.2) is 0 Å². The summed E-state index contributed by atoms with van der Waals surface area (Å²) in [6, 6.07) is 13.9. The number of rotatable bonds is 12. The third kappa shape index (κ3) is 10.7. The zero-order valence-electron chi connectivity index (χ0n) is 22.5. The third-order valence-corrected chi connectivity index (χ3v) is 6.54. The minimum atomic E-state index is -0.227. The van der Waals surface area contributed by atoms with Crippen molar-refractivity contribution in [3.63, 3.8) is 0 Å². The van der Waals surface area contributed by atoms with Crippen molar-refractivity contribution in [1.29, 1.82) is 0 Å². The highest BCUT2D eigenvalue weighted by atomic mass is 16.5. The Kier molecular flexibility index (Phi) is 11.7. The van der Waals surface area contributed by atoms with E-state index < -0.39 is 0 Å². The summed E-state index contributed by atoms with van der Waals surface area (Å²) in [6.45, 7) is 10.1. The van der Waals surface area contributed by atoms with E-state index in [2.05, 4.69) is 31.1 Å². The Morgan fingerprint density at radius 2 is 1.03 bits per heavy atom. The Bertz CT molecular complexity index is 927. The van der Waals surface area contributed by atoms with Crippen LogP contribution in [-0.2, 0) is 9.47 Å². The summed E-state index contributed by atoms with van der Waals surface area (Å²) in [6.07, 6.45) is 1.79. The van der Waals surface area contributed by atoms with Gasteiger partial charge < -0.3 is 35.5 Å². The van der Waals surface area contributed by atoms with Crippen molar-refractivity contribution in [2.45, 2.75) is 12.8 Å². The van der Waals surface area contributed by atoms with Gasteiger partial charge in [-0.05, 0) is 74.5 Å². The number of urea groups is 2. The average Bonchev–Trinajstić information content (AvgIpc) is 2.97. The normalized spacial score (nSPS) is 16.3. The quantitative estimate of drug-likeness (QED) is 0.306. The summed E-state index contributed by atoms with van der Waals surface area (Å²) in [4.78, 5) is 29.0. The first-order valence-electron chi connectivity index (χ1n) is 13.7. The minimum absolute atomic E-state index is 0.227. The van der Waals surface area contributed by atoms with Crippen molar-refractivity contribution in [2.75, 3.05) is 89.4 Å². The van der Waals surface area contributed by atoms with Crippen molar-refractivity contribution < 1.29 is 23.8 Å². The van der Waals surface area contributed by atoms with Crippen molar-refractivity contribution in [3.05, 3.63) is 48.5 Å². The Labute approximate surface area is 230 Å². The molecule has 0 unspecified atom stereocenters. The van der Waals surface area contributed by atoms with Crippen LogP contribution in [0.5, 0.6) is 11.5 Å². The molecule has 2 fully saturated rings. The van der Waals surface area contributed by atoms with Crippen LogP contribution in [0.3, 0.4) is 0 Å². The fourth-order valence-electron chi connectivity index (χ4n) is 4.36. The van der Waals surface area contributed by atoms with Crippen LogP contribution < -0.4 is 26.0 Å². The van der Waals surface area contributed by atoms with Crippen LogP contribution in [0.25, 0.3) is 0 Å². The molecule has 2 saturated heterocycles. The van der Waals surface area contributed by atoms with Crippen LogP contribution in [0, 0.1) is 0 Å². The Balaban J connectivity index is 1.10. The molecule has 0 aliphatic carbocycles. The number of ether oxygens (including phenoxy) is 3. The standard InChI is InChI=1S/C28H40N6O5/c35-27(29-11-1-13-33-15-19-37-20-16-33)31-23-3-7-25(8-4-23)39-26-9-5-24(6-10-26)32-28(36)30-12-2-14-34-17-21-38-22-18-34/h3-10H,1-2,11-22H2,(H2,29,31,35)(H2,30,32,36). The van der Waals surface area contributed by atoms with Crippen LogP contribution >= 0.6 is 0 Å².